The van der Waals surface area contributed by atoms with Crippen LogP contribution in [0.25, 0.3) is 0 Å². The molecule has 0 heteroatoms. The summed E-state index contributed by atoms with van der Waals surface area (Å²) in [7, 11) is 0. The van der Waals surface area contributed by atoms with Crippen LogP contribution >= 0.6 is 0 Å². The summed E-state index contributed by atoms with van der Waals surface area (Å²) >= 11 is 0. The highest BCUT2D eigenvalue weighted by Gasteiger charge is 2.38. The molecule has 1 saturated carbocycles. The third kappa shape index (κ3) is 3.72. The van der Waals surface area contributed by atoms with Crippen LogP contribution in [0, 0.1) is 17.8 Å². The highest BCUT2D eigenvalue weighted by atomic mass is 14.4. The Morgan fingerprint density at radius 1 is 1.50 bits per heavy atom. The highest BCUT2D eigenvalue weighted by Crippen LogP contribution is 2.47. The Hall–Kier alpha value is -0.480. The standard InChI is InChI=1S/C14H24/c1-5-13-10-14(13)12(4)9-7-6-8-11(2)3/h6,12-14H,5,7,9-10H2,1-4H3. The molecule has 80 valence electrons. The molecule has 0 heterocycles. The lowest BCUT2D eigenvalue weighted by Crippen LogP contribution is -1.98. The SMILES string of the molecule is CCC1CC1C(C)CCC=C=C(C)C. The van der Waals surface area contributed by atoms with Crippen molar-refractivity contribution in [3.63, 3.8) is 0 Å². The van der Waals surface area contributed by atoms with Crippen molar-refractivity contribution >= 4 is 0 Å². The van der Waals surface area contributed by atoms with Gasteiger partial charge in [-0.05, 0) is 62.5 Å². The van der Waals surface area contributed by atoms with E-state index in [1.165, 1.54) is 31.3 Å². The fraction of sp³-hybridized carbons (Fsp3) is 0.786. The Kier molecular flexibility index (Phi) is 4.48. The lowest BCUT2D eigenvalue weighted by molar-refractivity contribution is 0.442. The predicted molar refractivity (Wildman–Crippen MR) is 63.2 cm³/mol. The molecule has 0 aromatic heterocycles. The summed E-state index contributed by atoms with van der Waals surface area (Å²) in [4.78, 5) is 0. The van der Waals surface area contributed by atoms with E-state index in [2.05, 4.69) is 39.5 Å². The normalized spacial score (nSPS) is 26.6. The zero-order valence-corrected chi connectivity index (χ0v) is 10.1. The van der Waals surface area contributed by atoms with Gasteiger partial charge in [-0.25, -0.2) is 0 Å². The molecule has 0 aliphatic heterocycles. The van der Waals surface area contributed by atoms with E-state index < -0.39 is 0 Å². The van der Waals surface area contributed by atoms with E-state index in [1.807, 2.05) is 0 Å². The van der Waals surface area contributed by atoms with Gasteiger partial charge in [0.15, 0.2) is 0 Å². The minimum absolute atomic E-state index is 0.926. The lowest BCUT2D eigenvalue weighted by atomic mass is 9.98. The van der Waals surface area contributed by atoms with Gasteiger partial charge in [0.05, 0.1) is 0 Å². The first-order valence-electron chi connectivity index (χ1n) is 6.03. The quantitative estimate of drug-likeness (QED) is 0.560. The average molecular weight is 192 g/mol. The van der Waals surface area contributed by atoms with Crippen LogP contribution in [0.15, 0.2) is 17.4 Å². The maximum atomic E-state index is 3.28. The van der Waals surface area contributed by atoms with Crippen molar-refractivity contribution in [3.05, 3.63) is 17.4 Å². The van der Waals surface area contributed by atoms with Crippen molar-refractivity contribution < 1.29 is 0 Å². The first-order chi connectivity index (χ1) is 6.65. The summed E-state index contributed by atoms with van der Waals surface area (Å²) in [5.74, 6) is 3.02. The summed E-state index contributed by atoms with van der Waals surface area (Å²) in [5, 5.41) is 0. The zero-order valence-electron chi connectivity index (χ0n) is 10.1. The van der Waals surface area contributed by atoms with E-state index in [9.17, 15) is 0 Å². The maximum Gasteiger partial charge on any atom is -0.0272 e. The molecular formula is C14H24. The van der Waals surface area contributed by atoms with Gasteiger partial charge >= 0.3 is 0 Å². The second kappa shape index (κ2) is 5.41. The maximum absolute atomic E-state index is 3.28. The molecule has 0 spiro atoms. The van der Waals surface area contributed by atoms with Crippen molar-refractivity contribution in [1.29, 1.82) is 0 Å². The van der Waals surface area contributed by atoms with E-state index in [1.54, 1.807) is 0 Å². The molecule has 0 radical (unpaired) electrons. The monoisotopic (exact) mass is 192 g/mol. The number of hydrogen-bond acceptors (Lipinski definition) is 0. The second-order valence-electron chi connectivity index (χ2n) is 4.97. The van der Waals surface area contributed by atoms with Crippen molar-refractivity contribution in [2.45, 2.75) is 53.4 Å². The molecule has 3 atom stereocenters. The van der Waals surface area contributed by atoms with Gasteiger partial charge in [0.1, 0.15) is 0 Å². The Bertz CT molecular complexity index is 226. The molecule has 0 aromatic rings. The summed E-state index contributed by atoms with van der Waals surface area (Å²) in [6.45, 7) is 8.94. The van der Waals surface area contributed by atoms with Gasteiger partial charge in [0, 0.05) is 0 Å². The Morgan fingerprint density at radius 3 is 2.71 bits per heavy atom. The number of hydrogen-bond donors (Lipinski definition) is 0. The molecule has 1 aliphatic carbocycles. The average Bonchev–Trinajstić information content (AvgIpc) is 2.90. The third-order valence-electron chi connectivity index (χ3n) is 3.39. The molecule has 0 amide bonds. The fourth-order valence-electron chi connectivity index (χ4n) is 2.27. The van der Waals surface area contributed by atoms with Crippen LogP contribution in [0.3, 0.4) is 0 Å². The van der Waals surface area contributed by atoms with E-state index in [4.69, 9.17) is 0 Å². The molecule has 0 bridgehead atoms. The summed E-state index contributed by atoms with van der Waals surface area (Å²) in [6, 6.07) is 0. The van der Waals surface area contributed by atoms with Gasteiger partial charge in [0.25, 0.3) is 0 Å². The van der Waals surface area contributed by atoms with Crippen LogP contribution in [0.5, 0.6) is 0 Å². The Morgan fingerprint density at radius 2 is 2.21 bits per heavy atom. The molecule has 3 unspecified atom stereocenters. The number of rotatable bonds is 5. The molecule has 1 fully saturated rings. The van der Waals surface area contributed by atoms with E-state index >= 15 is 0 Å². The Labute approximate surface area is 89.1 Å². The molecule has 14 heavy (non-hydrogen) atoms. The smallest absolute Gasteiger partial charge is 0.0272 e. The molecule has 0 nitrogen and oxygen atoms in total. The minimum Gasteiger partial charge on any atom is -0.127 e. The lowest BCUT2D eigenvalue weighted by Gasteiger charge is -2.07. The fourth-order valence-corrected chi connectivity index (χ4v) is 2.27. The number of allylic oxidation sites excluding steroid dienone is 1. The molecule has 1 aliphatic rings. The van der Waals surface area contributed by atoms with Crippen LogP contribution in [0.2, 0.25) is 0 Å². The van der Waals surface area contributed by atoms with E-state index in [-0.39, 0.29) is 0 Å². The van der Waals surface area contributed by atoms with Gasteiger partial charge in [0.2, 0.25) is 0 Å². The van der Waals surface area contributed by atoms with E-state index in [0.29, 0.717) is 0 Å². The van der Waals surface area contributed by atoms with Crippen molar-refractivity contribution in [1.82, 2.24) is 0 Å². The first-order valence-corrected chi connectivity index (χ1v) is 6.03. The van der Waals surface area contributed by atoms with Crippen molar-refractivity contribution in [3.8, 4) is 0 Å². The van der Waals surface area contributed by atoms with Crippen LogP contribution in [0.1, 0.15) is 53.4 Å². The summed E-state index contributed by atoms with van der Waals surface area (Å²) < 4.78 is 0. The van der Waals surface area contributed by atoms with Gasteiger partial charge in [-0.2, -0.15) is 0 Å². The zero-order chi connectivity index (χ0) is 10.6. The molecular weight excluding hydrogens is 168 g/mol. The second-order valence-corrected chi connectivity index (χ2v) is 4.97. The van der Waals surface area contributed by atoms with Crippen LogP contribution in [-0.2, 0) is 0 Å². The predicted octanol–water partition coefficient (Wildman–Crippen LogP) is 4.57. The summed E-state index contributed by atoms with van der Waals surface area (Å²) in [5.41, 5.74) is 4.56. The van der Waals surface area contributed by atoms with Gasteiger partial charge < -0.3 is 0 Å². The molecule has 0 saturated heterocycles. The molecule has 0 N–H and O–H groups in total. The minimum atomic E-state index is 0.926. The molecule has 0 aromatic carbocycles. The third-order valence-corrected chi connectivity index (χ3v) is 3.39. The highest BCUT2D eigenvalue weighted by molar-refractivity contribution is 4.95. The van der Waals surface area contributed by atoms with Crippen LogP contribution < -0.4 is 0 Å². The van der Waals surface area contributed by atoms with Gasteiger partial charge in [-0.15, -0.1) is 5.73 Å². The first kappa shape index (κ1) is 11.6. The van der Waals surface area contributed by atoms with Crippen LogP contribution in [-0.4, -0.2) is 0 Å². The Balaban J connectivity index is 2.17. The van der Waals surface area contributed by atoms with Crippen molar-refractivity contribution in [2.24, 2.45) is 17.8 Å². The van der Waals surface area contributed by atoms with E-state index in [0.717, 1.165) is 17.8 Å². The van der Waals surface area contributed by atoms with Crippen LogP contribution in [0.4, 0.5) is 0 Å². The molecule has 1 rings (SSSR count). The van der Waals surface area contributed by atoms with Gasteiger partial charge in [-0.1, -0.05) is 20.3 Å². The van der Waals surface area contributed by atoms with Gasteiger partial charge in [-0.3, -0.25) is 0 Å². The largest absolute Gasteiger partial charge is 0.127 e. The summed E-state index contributed by atoms with van der Waals surface area (Å²) in [6.07, 6.45) is 7.64. The van der Waals surface area contributed by atoms with Crippen molar-refractivity contribution in [2.75, 3.05) is 0 Å². The topological polar surface area (TPSA) is 0 Å².